The first-order valence-corrected chi connectivity index (χ1v) is 10.3. The number of aliphatic hydroxyl groups excluding tert-OH is 2. The van der Waals surface area contributed by atoms with Gasteiger partial charge in [0.1, 0.15) is 22.8 Å². The van der Waals surface area contributed by atoms with Crippen molar-refractivity contribution in [1.29, 1.82) is 0 Å². The number of benzene rings is 1. The molecule has 0 bridgehead atoms. The molecule has 6 N–H and O–H groups in total. The van der Waals surface area contributed by atoms with Crippen LogP contribution in [0.3, 0.4) is 0 Å². The van der Waals surface area contributed by atoms with E-state index in [0.29, 0.717) is 5.56 Å². The first-order valence-electron chi connectivity index (χ1n) is 10.3. The van der Waals surface area contributed by atoms with E-state index >= 15 is 0 Å². The zero-order valence-electron chi connectivity index (χ0n) is 18.2. The molecule has 4 rings (SSSR count). The number of hydrogen-bond acceptors (Lipinski definition) is 8. The van der Waals surface area contributed by atoms with Crippen LogP contribution >= 0.6 is 0 Å². The monoisotopic (exact) mass is 442 g/mol. The van der Waals surface area contributed by atoms with Gasteiger partial charge < -0.3 is 26.2 Å². The number of amides is 1. The number of phenolic OH excluding ortho intramolecular Hbond substituents is 1. The normalized spacial score (nSPS) is 32.1. The summed E-state index contributed by atoms with van der Waals surface area (Å²) in [5, 5.41) is 43.8. The van der Waals surface area contributed by atoms with Crippen molar-refractivity contribution in [1.82, 2.24) is 4.90 Å². The van der Waals surface area contributed by atoms with Gasteiger partial charge in [0.2, 0.25) is 5.78 Å². The highest BCUT2D eigenvalue weighted by molar-refractivity contribution is 6.24. The third-order valence-electron chi connectivity index (χ3n) is 7.30. The molecule has 0 heterocycles. The number of carbonyl (C=O) groups is 3. The molecule has 5 atom stereocenters. The minimum absolute atomic E-state index is 0.0715. The Morgan fingerprint density at radius 1 is 1.19 bits per heavy atom. The number of ketones is 2. The van der Waals surface area contributed by atoms with Crippen molar-refractivity contribution < 1.29 is 34.8 Å². The van der Waals surface area contributed by atoms with Crippen LogP contribution in [0, 0.1) is 18.8 Å². The summed E-state index contributed by atoms with van der Waals surface area (Å²) in [5.41, 5.74) is 3.31. The molecule has 0 aromatic heterocycles. The highest BCUT2D eigenvalue weighted by atomic mass is 16.3. The molecular weight excluding hydrogens is 416 g/mol. The Bertz CT molecular complexity index is 1150. The number of nitrogens with zero attached hydrogens (tertiary/aromatic N) is 1. The summed E-state index contributed by atoms with van der Waals surface area (Å²) in [6.07, 6.45) is 0.0715. The number of aliphatic hydroxyl groups is 3. The molecule has 1 aromatic carbocycles. The molecule has 3 aliphatic carbocycles. The average Bonchev–Trinajstić information content (AvgIpc) is 2.69. The summed E-state index contributed by atoms with van der Waals surface area (Å²) in [4.78, 5) is 40.2. The van der Waals surface area contributed by atoms with Crippen LogP contribution < -0.4 is 5.73 Å². The Morgan fingerprint density at radius 3 is 2.38 bits per heavy atom. The number of hydrogen-bond donors (Lipinski definition) is 5. The molecule has 1 saturated carbocycles. The molecule has 0 saturated heterocycles. The number of phenols is 1. The molecule has 1 amide bonds. The number of primary amides is 1. The smallest absolute Gasteiger partial charge is 0.255 e. The van der Waals surface area contributed by atoms with Crippen LogP contribution in [0.25, 0.3) is 5.76 Å². The van der Waals surface area contributed by atoms with Gasteiger partial charge in [0, 0.05) is 11.5 Å². The van der Waals surface area contributed by atoms with E-state index in [2.05, 4.69) is 0 Å². The number of likely N-dealkylation sites (N-methyl/N-ethyl adjacent to an activating group) is 1. The fourth-order valence-corrected chi connectivity index (χ4v) is 5.84. The van der Waals surface area contributed by atoms with Crippen LogP contribution in [0.5, 0.6) is 5.75 Å². The number of aryl methyl sites for hydroxylation is 1. The van der Waals surface area contributed by atoms with Crippen molar-refractivity contribution in [2.75, 3.05) is 14.1 Å². The maximum absolute atomic E-state index is 13.7. The van der Waals surface area contributed by atoms with E-state index in [4.69, 9.17) is 5.73 Å². The lowest BCUT2D eigenvalue weighted by Gasteiger charge is -2.51. The summed E-state index contributed by atoms with van der Waals surface area (Å²) in [5.74, 6) is -6.81. The largest absolute Gasteiger partial charge is 0.508 e. The van der Waals surface area contributed by atoms with Gasteiger partial charge in [0.15, 0.2) is 11.4 Å². The first kappa shape index (κ1) is 22.0. The van der Waals surface area contributed by atoms with E-state index in [9.17, 15) is 34.8 Å². The predicted octanol–water partition coefficient (Wildman–Crippen LogP) is 0.833. The number of fused-ring (bicyclic) bond motifs is 3. The highest BCUT2D eigenvalue weighted by Crippen LogP contribution is 2.56. The van der Waals surface area contributed by atoms with Gasteiger partial charge in [0.05, 0.1) is 11.6 Å². The molecule has 9 nitrogen and oxygen atoms in total. The van der Waals surface area contributed by atoms with Gasteiger partial charge in [-0.3, -0.25) is 19.3 Å². The second kappa shape index (κ2) is 6.91. The van der Waals surface area contributed by atoms with E-state index in [1.165, 1.54) is 11.0 Å². The number of nitrogens with two attached hydrogens (primary N) is 1. The predicted molar refractivity (Wildman–Crippen MR) is 114 cm³/mol. The highest BCUT2D eigenvalue weighted by Gasteiger charge is 2.64. The number of aromatic hydroxyl groups is 1. The number of carbonyl (C=O) groups excluding carboxylic acids is 3. The Morgan fingerprint density at radius 2 is 1.81 bits per heavy atom. The van der Waals surface area contributed by atoms with Gasteiger partial charge in [-0.1, -0.05) is 13.0 Å². The molecule has 3 aliphatic rings. The van der Waals surface area contributed by atoms with E-state index < -0.39 is 58.0 Å². The van der Waals surface area contributed by atoms with Crippen LogP contribution in [-0.4, -0.2) is 68.5 Å². The lowest BCUT2D eigenvalue weighted by atomic mass is 9.55. The van der Waals surface area contributed by atoms with E-state index in [1.807, 2.05) is 13.8 Å². The van der Waals surface area contributed by atoms with E-state index in [1.54, 1.807) is 20.2 Å². The summed E-state index contributed by atoms with van der Waals surface area (Å²) in [7, 11) is 3.14. The van der Waals surface area contributed by atoms with Gasteiger partial charge >= 0.3 is 0 Å². The molecule has 0 aliphatic heterocycles. The van der Waals surface area contributed by atoms with Gasteiger partial charge in [-0.2, -0.15) is 0 Å². The fourth-order valence-electron chi connectivity index (χ4n) is 5.84. The third-order valence-corrected chi connectivity index (χ3v) is 7.30. The van der Waals surface area contributed by atoms with Crippen LogP contribution in [0.4, 0.5) is 0 Å². The lowest BCUT2D eigenvalue weighted by molar-refractivity contribution is -0.154. The molecule has 1 aromatic rings. The Kier molecular flexibility index (Phi) is 4.76. The fraction of sp³-hybridized carbons (Fsp3) is 0.435. The summed E-state index contributed by atoms with van der Waals surface area (Å²) < 4.78 is 0. The second-order valence-corrected chi connectivity index (χ2v) is 9.15. The SMILES string of the molecule is Cc1ccc(O)c2c1[C@@H](C)[C@@H]1C[C@@H]3[C@@H](N(C)C)C(=O)C(C(N)=O)=C(O)[C@]3(O)C(=O)C1=C2O. The van der Waals surface area contributed by atoms with E-state index in [-0.39, 0.29) is 29.2 Å². The maximum Gasteiger partial charge on any atom is 0.255 e. The standard InChI is InChI=1S/C23H26N2O7/c1-8-5-6-12(26)15-13(8)9(2)10-7-11-17(25(3)4)19(28)16(22(24)31)21(30)23(11,32)20(29)14(10)18(15)27/h5-6,9-11,17,26-27,30,32H,7H2,1-4H3,(H2,24,31)/t9-,10-,11+,17+,23+/m0/s1. The molecule has 0 unspecified atom stereocenters. The lowest BCUT2D eigenvalue weighted by Crippen LogP contribution is -2.66. The van der Waals surface area contributed by atoms with Gasteiger partial charge in [-0.25, -0.2) is 0 Å². The molecular formula is C23H26N2O7. The van der Waals surface area contributed by atoms with E-state index in [0.717, 1.165) is 5.56 Å². The summed E-state index contributed by atoms with van der Waals surface area (Å²) in [6, 6.07) is 2.03. The third kappa shape index (κ3) is 2.55. The minimum Gasteiger partial charge on any atom is -0.508 e. The molecule has 32 heavy (non-hydrogen) atoms. The summed E-state index contributed by atoms with van der Waals surface area (Å²) in [6.45, 7) is 3.67. The van der Waals surface area contributed by atoms with Crippen molar-refractivity contribution in [3.05, 3.63) is 45.7 Å². The van der Waals surface area contributed by atoms with Gasteiger partial charge in [-0.05, 0) is 56.5 Å². The zero-order valence-corrected chi connectivity index (χ0v) is 18.2. The topological polar surface area (TPSA) is 161 Å². The Hall–Kier alpha value is -3.17. The van der Waals surface area contributed by atoms with Crippen molar-refractivity contribution >= 4 is 23.2 Å². The van der Waals surface area contributed by atoms with Crippen LogP contribution in [-0.2, 0) is 14.4 Å². The first-order chi connectivity index (χ1) is 14.8. The van der Waals surface area contributed by atoms with Crippen LogP contribution in [0.15, 0.2) is 29.0 Å². The molecule has 170 valence electrons. The summed E-state index contributed by atoms with van der Waals surface area (Å²) >= 11 is 0. The van der Waals surface area contributed by atoms with Crippen molar-refractivity contribution in [3.8, 4) is 5.75 Å². The zero-order chi connectivity index (χ0) is 23.9. The maximum atomic E-state index is 13.7. The van der Waals surface area contributed by atoms with Gasteiger partial charge in [0.25, 0.3) is 5.91 Å². The molecule has 0 spiro atoms. The number of rotatable bonds is 2. The van der Waals surface area contributed by atoms with Crippen LogP contribution in [0.1, 0.15) is 36.0 Å². The molecule has 0 radical (unpaired) electrons. The number of Topliss-reactive ketones (excluding diaryl/α,β-unsaturated/α-hetero) is 2. The molecule has 9 heteroatoms. The molecule has 1 fully saturated rings. The Labute approximate surface area is 184 Å². The van der Waals surface area contributed by atoms with Crippen molar-refractivity contribution in [2.24, 2.45) is 17.6 Å². The second-order valence-electron chi connectivity index (χ2n) is 9.15. The van der Waals surface area contributed by atoms with Crippen LogP contribution in [0.2, 0.25) is 0 Å². The Balaban J connectivity index is 2.03. The van der Waals surface area contributed by atoms with Crippen molar-refractivity contribution in [2.45, 2.75) is 37.8 Å². The van der Waals surface area contributed by atoms with Gasteiger partial charge in [-0.15, -0.1) is 0 Å². The van der Waals surface area contributed by atoms with Crippen molar-refractivity contribution in [3.63, 3.8) is 0 Å². The quantitative estimate of drug-likeness (QED) is 0.421. The average molecular weight is 442 g/mol. The minimum atomic E-state index is -2.62.